The van der Waals surface area contributed by atoms with Crippen molar-refractivity contribution >= 4 is 52.1 Å². The van der Waals surface area contributed by atoms with Gasteiger partial charge in [0.1, 0.15) is 17.7 Å². The molecule has 3 aromatic carbocycles. The number of carbonyl (C=O) groups excluding carboxylic acids is 2. The van der Waals surface area contributed by atoms with E-state index in [1.165, 1.54) is 0 Å². The second kappa shape index (κ2) is 7.97. The van der Waals surface area contributed by atoms with Gasteiger partial charge >= 0.3 is 0 Å². The second-order valence-corrected chi connectivity index (χ2v) is 8.33. The lowest BCUT2D eigenvalue weighted by atomic mass is 9.93. The van der Waals surface area contributed by atoms with Crippen LogP contribution >= 0.6 is 23.2 Å². The highest BCUT2D eigenvalue weighted by molar-refractivity contribution is 6.37. The fourth-order valence-electron chi connectivity index (χ4n) is 4.13. The van der Waals surface area contributed by atoms with Gasteiger partial charge < -0.3 is 4.74 Å². The van der Waals surface area contributed by atoms with Gasteiger partial charge in [-0.2, -0.15) is 5.10 Å². The lowest BCUT2D eigenvalue weighted by molar-refractivity contribution is -0.121. The first-order chi connectivity index (χ1) is 15.5. The number of nitrogens with zero attached hydrogens (tertiary/aromatic N) is 3. The molecule has 0 aromatic heterocycles. The van der Waals surface area contributed by atoms with Crippen LogP contribution in [0.15, 0.2) is 77.9 Å². The Morgan fingerprint density at radius 1 is 0.844 bits per heavy atom. The summed E-state index contributed by atoms with van der Waals surface area (Å²) in [4.78, 5) is 28.3. The van der Waals surface area contributed by atoms with Gasteiger partial charge in [0, 0.05) is 10.0 Å². The van der Waals surface area contributed by atoms with Gasteiger partial charge in [-0.15, -0.1) is 0 Å². The highest BCUT2D eigenvalue weighted by Gasteiger charge is 2.57. The number of para-hydroxylation sites is 1. The fourth-order valence-corrected chi connectivity index (χ4v) is 4.65. The third-order valence-electron chi connectivity index (χ3n) is 5.56. The zero-order valence-electron chi connectivity index (χ0n) is 16.9. The Morgan fingerprint density at radius 3 is 2.12 bits per heavy atom. The molecule has 0 bridgehead atoms. The van der Waals surface area contributed by atoms with Crippen LogP contribution in [-0.2, 0) is 9.59 Å². The molecule has 32 heavy (non-hydrogen) atoms. The molecular weight excluding hydrogens is 449 g/mol. The van der Waals surface area contributed by atoms with Gasteiger partial charge in [-0.3, -0.25) is 14.6 Å². The van der Waals surface area contributed by atoms with Crippen molar-refractivity contribution in [1.82, 2.24) is 0 Å². The first-order valence-electron chi connectivity index (χ1n) is 9.89. The molecule has 1 fully saturated rings. The van der Waals surface area contributed by atoms with E-state index in [1.807, 2.05) is 42.5 Å². The number of imide groups is 1. The number of carbonyl (C=O) groups is 2. The van der Waals surface area contributed by atoms with Gasteiger partial charge in [0.2, 0.25) is 5.91 Å². The normalized spacial score (nSPS) is 19.9. The summed E-state index contributed by atoms with van der Waals surface area (Å²) < 4.78 is 5.24. The maximum Gasteiger partial charge on any atom is 0.259 e. The average Bonchev–Trinajstić information content (AvgIpc) is 3.30. The largest absolute Gasteiger partial charge is 0.497 e. The predicted octanol–water partition coefficient (Wildman–Crippen LogP) is 4.78. The number of amides is 2. The molecule has 3 aromatic rings. The average molecular weight is 466 g/mol. The highest BCUT2D eigenvalue weighted by atomic mass is 35.5. The minimum atomic E-state index is -0.806. The van der Waals surface area contributed by atoms with E-state index in [0.717, 1.165) is 16.2 Å². The van der Waals surface area contributed by atoms with Crippen molar-refractivity contribution in [2.45, 2.75) is 6.04 Å². The molecule has 0 radical (unpaired) electrons. The lowest BCUT2D eigenvalue weighted by Crippen LogP contribution is -2.39. The number of ether oxygens (including phenoxy) is 1. The van der Waals surface area contributed by atoms with Crippen molar-refractivity contribution in [2.75, 3.05) is 17.0 Å². The molecule has 0 saturated carbocycles. The molecule has 1 saturated heterocycles. The molecule has 2 atom stereocenters. The molecule has 160 valence electrons. The maximum atomic E-state index is 13.6. The van der Waals surface area contributed by atoms with E-state index >= 15 is 0 Å². The summed E-state index contributed by atoms with van der Waals surface area (Å²) in [6.07, 6.45) is 0. The standard InChI is InChI=1S/C24H17Cl2N3O3/c1-32-19-9-7-14(8-10-19)21-20-22(29(27-21)17-5-3-2-4-6-17)24(31)28(23(20)30)18-12-15(25)11-16(26)13-18/h2-13,20,22H,1H3. The molecular formula is C24H17Cl2N3O3. The predicted molar refractivity (Wildman–Crippen MR) is 125 cm³/mol. The zero-order valence-corrected chi connectivity index (χ0v) is 18.4. The Kier molecular flexibility index (Phi) is 5.12. The molecule has 6 nitrogen and oxygen atoms in total. The van der Waals surface area contributed by atoms with Crippen molar-refractivity contribution in [2.24, 2.45) is 11.0 Å². The van der Waals surface area contributed by atoms with Gasteiger partial charge in [-0.1, -0.05) is 41.4 Å². The molecule has 2 aliphatic rings. The quantitative estimate of drug-likeness (QED) is 0.519. The molecule has 2 heterocycles. The smallest absolute Gasteiger partial charge is 0.259 e. The van der Waals surface area contributed by atoms with Crippen LogP contribution in [0.3, 0.4) is 0 Å². The van der Waals surface area contributed by atoms with E-state index in [1.54, 1.807) is 42.5 Å². The number of fused-ring (bicyclic) bond motifs is 1. The Morgan fingerprint density at radius 2 is 1.50 bits per heavy atom. The van der Waals surface area contributed by atoms with Crippen LogP contribution in [0.1, 0.15) is 5.56 Å². The molecule has 2 aliphatic heterocycles. The summed E-state index contributed by atoms with van der Waals surface area (Å²) in [5.74, 6) is -0.831. The summed E-state index contributed by atoms with van der Waals surface area (Å²) >= 11 is 12.3. The summed E-state index contributed by atoms with van der Waals surface area (Å²) in [5.41, 5.74) is 2.33. The number of hydrogen-bond donors (Lipinski definition) is 0. The van der Waals surface area contributed by atoms with Crippen LogP contribution in [0.2, 0.25) is 10.0 Å². The van der Waals surface area contributed by atoms with Crippen molar-refractivity contribution < 1.29 is 14.3 Å². The number of hydrogen-bond acceptors (Lipinski definition) is 5. The van der Waals surface area contributed by atoms with Crippen molar-refractivity contribution in [3.8, 4) is 5.75 Å². The topological polar surface area (TPSA) is 62.2 Å². The highest BCUT2D eigenvalue weighted by Crippen LogP contribution is 2.40. The molecule has 0 aliphatic carbocycles. The third kappa shape index (κ3) is 3.32. The van der Waals surface area contributed by atoms with Crippen LogP contribution in [0.4, 0.5) is 11.4 Å². The van der Waals surface area contributed by atoms with Gasteiger partial charge in [0.05, 0.1) is 24.2 Å². The molecule has 5 rings (SSSR count). The van der Waals surface area contributed by atoms with Crippen LogP contribution < -0.4 is 14.6 Å². The summed E-state index contributed by atoms with van der Waals surface area (Å²) in [6, 6.07) is 20.4. The SMILES string of the molecule is COc1ccc(C2=NN(c3ccccc3)C3C(=O)N(c4cc(Cl)cc(Cl)c4)C(=O)C23)cc1. The number of hydrazone groups is 1. The van der Waals surface area contributed by atoms with Gasteiger partial charge in [-0.05, 0) is 60.2 Å². The van der Waals surface area contributed by atoms with E-state index in [4.69, 9.17) is 33.0 Å². The molecule has 0 spiro atoms. The zero-order chi connectivity index (χ0) is 22.4. The van der Waals surface area contributed by atoms with Crippen LogP contribution in [0, 0.1) is 5.92 Å². The Labute approximate surface area is 194 Å². The Bertz CT molecular complexity index is 1220. The van der Waals surface area contributed by atoms with Gasteiger partial charge in [-0.25, -0.2) is 4.90 Å². The molecule has 2 amide bonds. The van der Waals surface area contributed by atoms with E-state index < -0.39 is 12.0 Å². The monoisotopic (exact) mass is 465 g/mol. The van der Waals surface area contributed by atoms with E-state index in [0.29, 0.717) is 27.2 Å². The van der Waals surface area contributed by atoms with Gasteiger partial charge in [0.25, 0.3) is 5.91 Å². The molecule has 0 N–H and O–H groups in total. The molecule has 2 unspecified atom stereocenters. The van der Waals surface area contributed by atoms with Crippen molar-refractivity contribution in [1.29, 1.82) is 0 Å². The minimum Gasteiger partial charge on any atom is -0.497 e. The first-order valence-corrected chi connectivity index (χ1v) is 10.6. The number of halogens is 2. The summed E-state index contributed by atoms with van der Waals surface area (Å²) in [5, 5.41) is 7.03. The first kappa shape index (κ1) is 20.5. The Balaban J connectivity index is 1.63. The summed E-state index contributed by atoms with van der Waals surface area (Å²) in [6.45, 7) is 0. The Hall–Kier alpha value is -3.35. The number of anilines is 2. The number of rotatable bonds is 4. The minimum absolute atomic E-state index is 0.342. The van der Waals surface area contributed by atoms with Crippen LogP contribution in [0.5, 0.6) is 5.75 Å². The van der Waals surface area contributed by atoms with Crippen LogP contribution in [-0.4, -0.2) is 30.7 Å². The van der Waals surface area contributed by atoms with Gasteiger partial charge in [0.15, 0.2) is 0 Å². The lowest BCUT2D eigenvalue weighted by Gasteiger charge is -2.22. The van der Waals surface area contributed by atoms with E-state index in [9.17, 15) is 9.59 Å². The summed E-state index contributed by atoms with van der Waals surface area (Å²) in [7, 11) is 1.59. The third-order valence-corrected chi connectivity index (χ3v) is 6.00. The number of methoxy groups -OCH3 is 1. The van der Waals surface area contributed by atoms with E-state index in [2.05, 4.69) is 0 Å². The second-order valence-electron chi connectivity index (χ2n) is 7.46. The van der Waals surface area contributed by atoms with Crippen LogP contribution in [0.25, 0.3) is 0 Å². The number of benzene rings is 3. The van der Waals surface area contributed by atoms with Crippen molar-refractivity contribution in [3.05, 3.63) is 88.4 Å². The fraction of sp³-hybridized carbons (Fsp3) is 0.125. The molecule has 8 heteroatoms. The van der Waals surface area contributed by atoms with Crippen molar-refractivity contribution in [3.63, 3.8) is 0 Å². The maximum absolute atomic E-state index is 13.6. The van der Waals surface area contributed by atoms with E-state index in [-0.39, 0.29) is 11.8 Å².